The van der Waals surface area contributed by atoms with Gasteiger partial charge in [0.25, 0.3) is 5.56 Å². The average Bonchev–Trinajstić information content (AvgIpc) is 3.70. The number of pyridine rings is 2. The largest absolute Gasteiger partial charge is 0.369 e. The highest BCUT2D eigenvalue weighted by Crippen LogP contribution is 2.38. The highest BCUT2D eigenvalue weighted by Gasteiger charge is 2.34. The van der Waals surface area contributed by atoms with Gasteiger partial charge in [-0.05, 0) is 81.2 Å². The van der Waals surface area contributed by atoms with Crippen molar-refractivity contribution in [2.75, 3.05) is 23.4 Å². The van der Waals surface area contributed by atoms with Crippen molar-refractivity contribution in [1.82, 2.24) is 9.55 Å². The van der Waals surface area contributed by atoms with Gasteiger partial charge in [0.15, 0.2) is 0 Å². The first-order valence-electron chi connectivity index (χ1n) is 12.6. The molecule has 0 amide bonds. The van der Waals surface area contributed by atoms with Gasteiger partial charge in [-0.15, -0.1) is 0 Å². The van der Waals surface area contributed by atoms with Crippen molar-refractivity contribution in [3.63, 3.8) is 0 Å². The van der Waals surface area contributed by atoms with E-state index < -0.39 is 0 Å². The van der Waals surface area contributed by atoms with Gasteiger partial charge >= 0.3 is 0 Å². The summed E-state index contributed by atoms with van der Waals surface area (Å²) >= 11 is 6.22. The Morgan fingerprint density at radius 1 is 1.14 bits per heavy atom. The van der Waals surface area contributed by atoms with Crippen molar-refractivity contribution < 1.29 is 4.39 Å². The van der Waals surface area contributed by atoms with Crippen molar-refractivity contribution in [3.8, 4) is 6.07 Å². The van der Waals surface area contributed by atoms with Crippen LogP contribution in [0, 0.1) is 30.0 Å². The summed E-state index contributed by atoms with van der Waals surface area (Å²) in [5.74, 6) is 0.492. The lowest BCUT2D eigenvalue weighted by Crippen LogP contribution is -2.45. The summed E-state index contributed by atoms with van der Waals surface area (Å²) in [6.45, 7) is 3.02. The van der Waals surface area contributed by atoms with Crippen LogP contribution in [0.5, 0.6) is 0 Å². The van der Waals surface area contributed by atoms with E-state index in [1.165, 1.54) is 23.5 Å². The maximum atomic E-state index is 14.2. The predicted molar refractivity (Wildman–Crippen MR) is 142 cm³/mol. The van der Waals surface area contributed by atoms with E-state index in [1.54, 1.807) is 25.2 Å². The van der Waals surface area contributed by atoms with Crippen LogP contribution in [-0.2, 0) is 7.05 Å². The smallest absolute Gasteiger partial charge is 0.270 e. The summed E-state index contributed by atoms with van der Waals surface area (Å²) < 4.78 is 15.6. The molecule has 2 aliphatic carbocycles. The van der Waals surface area contributed by atoms with Gasteiger partial charge in [0.05, 0.1) is 11.2 Å². The molecule has 0 radical (unpaired) electrons. The minimum absolute atomic E-state index is 0.0927. The van der Waals surface area contributed by atoms with Crippen LogP contribution in [0.4, 0.5) is 15.8 Å². The summed E-state index contributed by atoms with van der Waals surface area (Å²) in [5.41, 5.74) is 3.63. The van der Waals surface area contributed by atoms with E-state index in [9.17, 15) is 14.4 Å². The number of hydrogen-bond acceptors (Lipinski definition) is 5. The summed E-state index contributed by atoms with van der Waals surface area (Å²) in [6.07, 6.45) is 6.20. The molecule has 1 aromatic carbocycles. The number of aryl methyl sites for hydroxylation is 2. The molecular weight excluding hydrogens is 477 g/mol. The van der Waals surface area contributed by atoms with Crippen LogP contribution < -0.4 is 15.4 Å². The van der Waals surface area contributed by atoms with E-state index in [0.717, 1.165) is 43.5 Å². The third kappa shape index (κ3) is 4.55. The zero-order chi connectivity index (χ0) is 25.6. The minimum atomic E-state index is -0.332. The molecule has 188 valence electrons. The molecule has 8 heteroatoms. The minimum Gasteiger partial charge on any atom is -0.369 e. The first-order valence-corrected chi connectivity index (χ1v) is 13.0. The lowest BCUT2D eigenvalue weighted by atomic mass is 9.88. The Hall–Kier alpha value is -3.11. The van der Waals surface area contributed by atoms with Crippen LogP contribution >= 0.6 is 11.6 Å². The predicted octanol–water partition coefficient (Wildman–Crippen LogP) is 5.57. The molecular formula is C28H31ClFN5O. The molecule has 2 aromatic heterocycles. The normalized spacial score (nSPS) is 19.8. The fourth-order valence-electron chi connectivity index (χ4n) is 5.67. The molecule has 0 bridgehead atoms. The van der Waals surface area contributed by atoms with Crippen molar-refractivity contribution in [1.29, 1.82) is 5.26 Å². The van der Waals surface area contributed by atoms with Crippen molar-refractivity contribution in [2.45, 2.75) is 57.5 Å². The molecule has 0 atom stereocenters. The lowest BCUT2D eigenvalue weighted by molar-refractivity contribution is 0.364. The van der Waals surface area contributed by atoms with E-state index in [2.05, 4.69) is 27.8 Å². The maximum Gasteiger partial charge on any atom is 0.270 e. The zero-order valence-corrected chi connectivity index (χ0v) is 21.7. The molecule has 0 saturated heterocycles. The number of halogens is 2. The Bertz CT molecular complexity index is 1400. The average molecular weight is 508 g/mol. The van der Waals surface area contributed by atoms with E-state index in [-0.39, 0.29) is 23.0 Å². The van der Waals surface area contributed by atoms with Gasteiger partial charge in [0.2, 0.25) is 0 Å². The number of fused-ring (bicyclic) bond motifs is 1. The third-order valence-electron chi connectivity index (χ3n) is 7.93. The first kappa shape index (κ1) is 24.6. The highest BCUT2D eigenvalue weighted by atomic mass is 35.5. The van der Waals surface area contributed by atoms with E-state index >= 15 is 0 Å². The van der Waals surface area contributed by atoms with Crippen molar-refractivity contribution >= 4 is 34.0 Å². The summed E-state index contributed by atoms with van der Waals surface area (Å²) in [4.78, 5) is 22.0. The molecule has 2 aliphatic rings. The van der Waals surface area contributed by atoms with Crippen LogP contribution in [0.15, 0.2) is 35.1 Å². The monoisotopic (exact) mass is 507 g/mol. The summed E-state index contributed by atoms with van der Waals surface area (Å²) in [6, 6.07) is 11.1. The summed E-state index contributed by atoms with van der Waals surface area (Å²) in [7, 11) is 3.60. The Morgan fingerprint density at radius 2 is 1.83 bits per heavy atom. The Labute approximate surface area is 215 Å². The first-order chi connectivity index (χ1) is 17.3. The van der Waals surface area contributed by atoms with E-state index in [4.69, 9.17) is 11.6 Å². The molecule has 6 nitrogen and oxygen atoms in total. The SMILES string of the molecule is Cc1ccc(F)cc1N(CC1CC1)[C@H]1CC[C@H](N(C)c2c(C#N)c(=O)n(C)c3ccc(Cl)nc23)CC1. The standard InChI is InChI=1S/C28H31ClFN5O/c1-17-4-7-19(30)14-24(17)35(16-18-5-6-18)21-10-8-20(9-11-21)33(2)27-22(15-31)28(36)34(3)23-12-13-25(29)32-26(23)27/h4,7,12-14,18,20-21H,5-6,8-11,16H2,1-3H3/t20-,21-. The van der Waals surface area contributed by atoms with Crippen LogP contribution in [0.3, 0.4) is 0 Å². The van der Waals surface area contributed by atoms with E-state index in [0.29, 0.717) is 33.8 Å². The lowest BCUT2D eigenvalue weighted by Gasteiger charge is -2.42. The molecule has 0 unspecified atom stereocenters. The molecule has 0 N–H and O–H groups in total. The molecule has 2 saturated carbocycles. The van der Waals surface area contributed by atoms with Gasteiger partial charge < -0.3 is 14.4 Å². The zero-order valence-electron chi connectivity index (χ0n) is 21.0. The summed E-state index contributed by atoms with van der Waals surface area (Å²) in [5, 5.41) is 10.2. The van der Waals surface area contributed by atoms with Gasteiger partial charge in [-0.25, -0.2) is 9.37 Å². The third-order valence-corrected chi connectivity index (χ3v) is 8.14. The van der Waals surface area contributed by atoms with Crippen LogP contribution in [0.2, 0.25) is 5.15 Å². The topological polar surface area (TPSA) is 65.2 Å². The van der Waals surface area contributed by atoms with Crippen LogP contribution in [-0.4, -0.2) is 35.2 Å². The number of benzene rings is 1. The Kier molecular flexibility index (Phi) is 6.65. The fourth-order valence-corrected chi connectivity index (χ4v) is 5.82. The molecule has 0 spiro atoms. The Morgan fingerprint density at radius 3 is 2.50 bits per heavy atom. The number of anilines is 2. The van der Waals surface area contributed by atoms with Gasteiger partial charge in [0.1, 0.15) is 28.1 Å². The van der Waals surface area contributed by atoms with Gasteiger partial charge in [0, 0.05) is 38.4 Å². The van der Waals surface area contributed by atoms with Crippen molar-refractivity contribution in [2.24, 2.45) is 13.0 Å². The second-order valence-corrected chi connectivity index (χ2v) is 10.7. The number of hydrogen-bond donors (Lipinski definition) is 0. The van der Waals surface area contributed by atoms with Crippen LogP contribution in [0.25, 0.3) is 11.0 Å². The van der Waals surface area contributed by atoms with Gasteiger partial charge in [-0.2, -0.15) is 5.26 Å². The Balaban J connectivity index is 1.43. The molecule has 3 aromatic rings. The second-order valence-electron chi connectivity index (χ2n) is 10.3. The molecule has 2 fully saturated rings. The highest BCUT2D eigenvalue weighted by molar-refractivity contribution is 6.29. The number of rotatable bonds is 6. The molecule has 36 heavy (non-hydrogen) atoms. The fraction of sp³-hybridized carbons (Fsp3) is 0.464. The maximum absolute atomic E-state index is 14.2. The second kappa shape index (κ2) is 9.74. The quantitative estimate of drug-likeness (QED) is 0.408. The number of aromatic nitrogens is 2. The number of nitriles is 1. The van der Waals surface area contributed by atoms with Gasteiger partial charge in [-0.3, -0.25) is 4.79 Å². The van der Waals surface area contributed by atoms with E-state index in [1.807, 2.05) is 13.1 Å². The van der Waals surface area contributed by atoms with Crippen molar-refractivity contribution in [3.05, 3.63) is 62.8 Å². The molecule has 5 rings (SSSR count). The molecule has 2 heterocycles. The van der Waals surface area contributed by atoms with Gasteiger partial charge in [-0.1, -0.05) is 17.7 Å². The van der Waals surface area contributed by atoms with Crippen LogP contribution in [0.1, 0.15) is 49.7 Å². The number of nitrogens with zero attached hydrogens (tertiary/aromatic N) is 5. The molecule has 0 aliphatic heterocycles.